The number of carbonyl (C=O) groups excluding carboxylic acids is 1. The largest absolute Gasteiger partial charge is 0.336 e. The van der Waals surface area contributed by atoms with E-state index in [4.69, 9.17) is 5.26 Å². The van der Waals surface area contributed by atoms with E-state index in [1.165, 1.54) is 0 Å². The monoisotopic (exact) mass is 304 g/mol. The number of rotatable bonds is 3. The van der Waals surface area contributed by atoms with Crippen molar-refractivity contribution in [3.63, 3.8) is 0 Å². The second kappa shape index (κ2) is 5.93. The molecule has 0 spiro atoms. The highest BCUT2D eigenvalue weighted by atomic mass is 16.2. The molecule has 2 aromatic carbocycles. The Bertz CT molecular complexity index is 903. The lowest BCUT2D eigenvalue weighted by Crippen LogP contribution is -2.26. The molecule has 0 aliphatic rings. The lowest BCUT2D eigenvalue weighted by Gasteiger charge is -2.16. The van der Waals surface area contributed by atoms with Gasteiger partial charge in [-0.15, -0.1) is 0 Å². The van der Waals surface area contributed by atoms with Crippen LogP contribution in [0.4, 0.5) is 0 Å². The van der Waals surface area contributed by atoms with E-state index in [0.717, 1.165) is 22.0 Å². The SMILES string of the molecule is Cc1ccc2[nH]nc(C(=O)N(C)Cc3ccc(C#N)cc3)c2c1. The second-order valence-electron chi connectivity index (χ2n) is 5.59. The van der Waals surface area contributed by atoms with Gasteiger partial charge in [-0.1, -0.05) is 23.8 Å². The van der Waals surface area contributed by atoms with Crippen molar-refractivity contribution in [3.8, 4) is 6.07 Å². The number of nitrogens with zero attached hydrogens (tertiary/aromatic N) is 3. The lowest BCUT2D eigenvalue weighted by atomic mass is 10.1. The fourth-order valence-electron chi connectivity index (χ4n) is 2.50. The first-order chi connectivity index (χ1) is 11.1. The van der Waals surface area contributed by atoms with Crippen LogP contribution in [0.5, 0.6) is 0 Å². The van der Waals surface area contributed by atoms with Gasteiger partial charge in [-0.25, -0.2) is 0 Å². The van der Waals surface area contributed by atoms with Crippen molar-refractivity contribution in [2.45, 2.75) is 13.5 Å². The van der Waals surface area contributed by atoms with E-state index in [9.17, 15) is 4.79 Å². The van der Waals surface area contributed by atoms with E-state index in [1.54, 1.807) is 24.1 Å². The molecule has 0 fully saturated rings. The Balaban J connectivity index is 1.83. The molecule has 0 bridgehead atoms. The molecule has 0 aliphatic heterocycles. The van der Waals surface area contributed by atoms with Crippen LogP contribution in [0.2, 0.25) is 0 Å². The molecule has 0 saturated heterocycles. The van der Waals surface area contributed by atoms with Crippen LogP contribution in [0.25, 0.3) is 10.9 Å². The van der Waals surface area contributed by atoms with Gasteiger partial charge in [-0.2, -0.15) is 10.4 Å². The summed E-state index contributed by atoms with van der Waals surface area (Å²) in [4.78, 5) is 14.3. The van der Waals surface area contributed by atoms with Gasteiger partial charge >= 0.3 is 0 Å². The number of benzene rings is 2. The molecule has 0 saturated carbocycles. The minimum atomic E-state index is -0.133. The molecule has 1 amide bonds. The minimum Gasteiger partial charge on any atom is -0.336 e. The first-order valence-corrected chi connectivity index (χ1v) is 7.27. The molecule has 5 heteroatoms. The second-order valence-corrected chi connectivity index (χ2v) is 5.59. The first kappa shape index (κ1) is 14.8. The fraction of sp³-hybridized carbons (Fsp3) is 0.167. The Morgan fingerprint density at radius 3 is 2.70 bits per heavy atom. The summed E-state index contributed by atoms with van der Waals surface area (Å²) in [6.07, 6.45) is 0. The van der Waals surface area contributed by atoms with Crippen LogP contribution in [-0.2, 0) is 6.54 Å². The van der Waals surface area contributed by atoms with E-state index >= 15 is 0 Å². The number of hydrogen-bond donors (Lipinski definition) is 1. The number of aryl methyl sites for hydroxylation is 1. The molecule has 0 radical (unpaired) electrons. The van der Waals surface area contributed by atoms with Crippen LogP contribution < -0.4 is 0 Å². The fourth-order valence-corrected chi connectivity index (χ4v) is 2.50. The first-order valence-electron chi connectivity index (χ1n) is 7.27. The number of amides is 1. The molecule has 23 heavy (non-hydrogen) atoms. The molecule has 1 heterocycles. The predicted octanol–water partition coefficient (Wildman–Crippen LogP) is 3.02. The van der Waals surface area contributed by atoms with E-state index < -0.39 is 0 Å². The van der Waals surface area contributed by atoms with Gasteiger partial charge in [0.05, 0.1) is 17.1 Å². The minimum absolute atomic E-state index is 0.133. The van der Waals surface area contributed by atoms with Crippen LogP contribution in [0.1, 0.15) is 27.2 Å². The zero-order valence-electron chi connectivity index (χ0n) is 13.0. The number of nitrogens with one attached hydrogen (secondary N) is 1. The number of aromatic amines is 1. The standard InChI is InChI=1S/C18H16N4O/c1-12-3-8-16-15(9-12)17(21-20-16)18(23)22(2)11-14-6-4-13(10-19)5-7-14/h3-9H,11H2,1-2H3,(H,20,21). The Hall–Kier alpha value is -3.13. The summed E-state index contributed by atoms with van der Waals surface area (Å²) in [5.41, 5.74) is 3.95. The third kappa shape index (κ3) is 2.92. The van der Waals surface area contributed by atoms with Crippen molar-refractivity contribution < 1.29 is 4.79 Å². The highest BCUT2D eigenvalue weighted by Gasteiger charge is 2.18. The van der Waals surface area contributed by atoms with Crippen LogP contribution >= 0.6 is 0 Å². The zero-order valence-corrected chi connectivity index (χ0v) is 13.0. The molecule has 0 aliphatic carbocycles. The average Bonchev–Trinajstić information content (AvgIpc) is 2.97. The van der Waals surface area contributed by atoms with Gasteiger partial charge in [0.1, 0.15) is 0 Å². The summed E-state index contributed by atoms with van der Waals surface area (Å²) >= 11 is 0. The van der Waals surface area contributed by atoms with Gasteiger partial charge in [0.15, 0.2) is 5.69 Å². The third-order valence-corrected chi connectivity index (χ3v) is 3.77. The molecule has 5 nitrogen and oxygen atoms in total. The summed E-state index contributed by atoms with van der Waals surface area (Å²) in [7, 11) is 1.75. The Morgan fingerprint density at radius 1 is 1.26 bits per heavy atom. The Kier molecular flexibility index (Phi) is 3.82. The topological polar surface area (TPSA) is 72.8 Å². The van der Waals surface area contributed by atoms with Crippen molar-refractivity contribution in [1.29, 1.82) is 5.26 Å². The zero-order chi connectivity index (χ0) is 16.4. The van der Waals surface area contributed by atoms with Gasteiger partial charge in [-0.3, -0.25) is 9.89 Å². The van der Waals surface area contributed by atoms with Crippen molar-refractivity contribution in [3.05, 3.63) is 64.8 Å². The van der Waals surface area contributed by atoms with Crippen molar-refractivity contribution in [2.24, 2.45) is 0 Å². The smallest absolute Gasteiger partial charge is 0.275 e. The van der Waals surface area contributed by atoms with Gasteiger partial charge in [0.25, 0.3) is 5.91 Å². The molecular weight excluding hydrogens is 288 g/mol. The van der Waals surface area contributed by atoms with Crippen LogP contribution in [0.3, 0.4) is 0 Å². The summed E-state index contributed by atoms with van der Waals surface area (Å²) in [6, 6.07) is 15.2. The highest BCUT2D eigenvalue weighted by molar-refractivity contribution is 6.04. The van der Waals surface area contributed by atoms with Crippen molar-refractivity contribution >= 4 is 16.8 Å². The summed E-state index contributed by atoms with van der Waals surface area (Å²) in [5.74, 6) is -0.133. The summed E-state index contributed by atoms with van der Waals surface area (Å²) in [5, 5.41) is 16.7. The number of hydrogen-bond acceptors (Lipinski definition) is 3. The number of nitriles is 1. The molecule has 1 N–H and O–H groups in total. The van der Waals surface area contributed by atoms with Gasteiger partial charge in [0.2, 0.25) is 0 Å². The molecule has 3 rings (SSSR count). The highest BCUT2D eigenvalue weighted by Crippen LogP contribution is 2.19. The Labute approximate surface area is 134 Å². The Morgan fingerprint density at radius 2 is 2.00 bits per heavy atom. The summed E-state index contributed by atoms with van der Waals surface area (Å²) < 4.78 is 0. The van der Waals surface area contributed by atoms with E-state index in [-0.39, 0.29) is 5.91 Å². The number of H-pyrrole nitrogens is 1. The normalized spacial score (nSPS) is 10.5. The number of aromatic nitrogens is 2. The maximum absolute atomic E-state index is 12.6. The van der Waals surface area contributed by atoms with E-state index in [1.807, 2.05) is 37.3 Å². The quantitative estimate of drug-likeness (QED) is 0.808. The maximum Gasteiger partial charge on any atom is 0.275 e. The number of fused-ring (bicyclic) bond motifs is 1. The molecule has 0 unspecified atom stereocenters. The van der Waals surface area contributed by atoms with Crippen LogP contribution in [-0.4, -0.2) is 28.1 Å². The number of carbonyl (C=O) groups is 1. The molecule has 3 aromatic rings. The lowest BCUT2D eigenvalue weighted by molar-refractivity contribution is 0.0781. The van der Waals surface area contributed by atoms with Gasteiger partial charge in [0, 0.05) is 19.0 Å². The molecular formula is C18H16N4O. The van der Waals surface area contributed by atoms with Gasteiger partial charge < -0.3 is 4.90 Å². The average molecular weight is 304 g/mol. The summed E-state index contributed by atoms with van der Waals surface area (Å²) in [6.45, 7) is 2.45. The van der Waals surface area contributed by atoms with Crippen LogP contribution in [0, 0.1) is 18.3 Å². The van der Waals surface area contributed by atoms with Crippen LogP contribution in [0.15, 0.2) is 42.5 Å². The third-order valence-electron chi connectivity index (χ3n) is 3.77. The predicted molar refractivity (Wildman–Crippen MR) is 87.8 cm³/mol. The molecule has 114 valence electrons. The molecule has 1 aromatic heterocycles. The van der Waals surface area contributed by atoms with Crippen molar-refractivity contribution in [2.75, 3.05) is 7.05 Å². The van der Waals surface area contributed by atoms with E-state index in [2.05, 4.69) is 16.3 Å². The van der Waals surface area contributed by atoms with Crippen molar-refractivity contribution in [1.82, 2.24) is 15.1 Å². The maximum atomic E-state index is 12.6. The van der Waals surface area contributed by atoms with E-state index in [0.29, 0.717) is 17.8 Å². The van der Waals surface area contributed by atoms with Gasteiger partial charge in [-0.05, 0) is 36.8 Å². The molecule has 0 atom stereocenters.